The number of benzene rings is 1. The Balaban J connectivity index is 1.52. The number of aromatic nitrogens is 2. The molecule has 2 atom stereocenters. The lowest BCUT2D eigenvalue weighted by Gasteiger charge is -2.28. The highest BCUT2D eigenvalue weighted by Crippen LogP contribution is 2.43. The summed E-state index contributed by atoms with van der Waals surface area (Å²) >= 11 is 5.88. The van der Waals surface area contributed by atoms with E-state index in [9.17, 15) is 4.79 Å². The quantitative estimate of drug-likeness (QED) is 0.413. The number of nitrogens with one attached hydrogen (secondary N) is 2. The number of pyridine rings is 1. The zero-order valence-corrected chi connectivity index (χ0v) is 21.4. The highest BCUT2D eigenvalue weighted by Gasteiger charge is 2.41. The number of hydrogen-bond acceptors (Lipinski definition) is 3. The fourth-order valence-electron chi connectivity index (χ4n) is 5.22. The second kappa shape index (κ2) is 9.82. The highest BCUT2D eigenvalue weighted by atomic mass is 32.1. The predicted molar refractivity (Wildman–Crippen MR) is 145 cm³/mol. The summed E-state index contributed by atoms with van der Waals surface area (Å²) in [6.07, 6.45) is 11.4. The fraction of sp³-hybridized carbons (Fsp3) is 0.393. The van der Waals surface area contributed by atoms with Crippen LogP contribution in [0.5, 0.6) is 0 Å². The zero-order chi connectivity index (χ0) is 24.5. The van der Waals surface area contributed by atoms with Gasteiger partial charge >= 0.3 is 0 Å². The number of carbonyl (C=O) groups is 1. The lowest BCUT2D eigenvalue weighted by Crippen LogP contribution is -2.29. The van der Waals surface area contributed by atoms with Crippen molar-refractivity contribution in [2.45, 2.75) is 64.6 Å². The number of aryl methyl sites for hydroxylation is 1. The van der Waals surface area contributed by atoms with E-state index in [0.717, 1.165) is 22.6 Å². The zero-order valence-electron chi connectivity index (χ0n) is 20.6. The van der Waals surface area contributed by atoms with Crippen molar-refractivity contribution in [1.29, 1.82) is 0 Å². The van der Waals surface area contributed by atoms with Gasteiger partial charge < -0.3 is 20.1 Å². The molecule has 1 aliphatic heterocycles. The molecule has 2 fully saturated rings. The number of nitrogens with zero attached hydrogens (tertiary/aromatic N) is 3. The van der Waals surface area contributed by atoms with Gasteiger partial charge in [-0.1, -0.05) is 32.8 Å². The smallest absolute Gasteiger partial charge is 0.226 e. The maximum Gasteiger partial charge on any atom is 0.226 e. The van der Waals surface area contributed by atoms with Crippen LogP contribution in [0.25, 0.3) is 0 Å². The Bertz CT molecular complexity index is 1220. The van der Waals surface area contributed by atoms with Gasteiger partial charge in [-0.3, -0.25) is 9.78 Å². The molecule has 1 saturated heterocycles. The Labute approximate surface area is 212 Å². The number of rotatable bonds is 6. The largest absolute Gasteiger partial charge is 0.351 e. The van der Waals surface area contributed by atoms with Gasteiger partial charge in [0.05, 0.1) is 17.8 Å². The van der Waals surface area contributed by atoms with Gasteiger partial charge in [0.25, 0.3) is 0 Å². The molecule has 0 unspecified atom stereocenters. The molecule has 2 N–H and O–H groups in total. The second-order valence-corrected chi connectivity index (χ2v) is 10.4. The van der Waals surface area contributed by atoms with Crippen molar-refractivity contribution >= 4 is 34.6 Å². The monoisotopic (exact) mass is 487 g/mol. The SMILES string of the molecule is Cc1cc(N2C(=S)N[C@@H](c3ccccn3)[C@H]2c2ccn(C3CCCC3)c2)ccc1NC(=O)C(C)C. The lowest BCUT2D eigenvalue weighted by molar-refractivity contribution is -0.118. The average molecular weight is 488 g/mol. The Kier molecular flexibility index (Phi) is 6.60. The minimum atomic E-state index is -0.0724. The van der Waals surface area contributed by atoms with Crippen LogP contribution >= 0.6 is 12.2 Å². The first kappa shape index (κ1) is 23.5. The first-order valence-corrected chi connectivity index (χ1v) is 12.9. The topological polar surface area (TPSA) is 62.2 Å². The summed E-state index contributed by atoms with van der Waals surface area (Å²) in [6, 6.07) is 14.8. The molecule has 0 bridgehead atoms. The Morgan fingerprint density at radius 2 is 1.97 bits per heavy atom. The molecule has 182 valence electrons. The molecule has 5 rings (SSSR count). The summed E-state index contributed by atoms with van der Waals surface area (Å²) in [6.45, 7) is 5.81. The van der Waals surface area contributed by atoms with Crippen LogP contribution in [0.4, 0.5) is 11.4 Å². The molecule has 7 heteroatoms. The molecule has 1 saturated carbocycles. The van der Waals surface area contributed by atoms with E-state index < -0.39 is 0 Å². The molecule has 0 radical (unpaired) electrons. The molecular formula is C28H33N5OS. The van der Waals surface area contributed by atoms with Gasteiger partial charge in [0.15, 0.2) is 5.11 Å². The van der Waals surface area contributed by atoms with E-state index >= 15 is 0 Å². The maximum absolute atomic E-state index is 12.2. The summed E-state index contributed by atoms with van der Waals surface area (Å²) in [5.41, 5.74) is 5.02. The third-order valence-electron chi connectivity index (χ3n) is 7.19. The minimum Gasteiger partial charge on any atom is -0.351 e. The van der Waals surface area contributed by atoms with Gasteiger partial charge in [0, 0.05) is 41.9 Å². The van der Waals surface area contributed by atoms with E-state index in [4.69, 9.17) is 12.2 Å². The van der Waals surface area contributed by atoms with E-state index in [0.29, 0.717) is 11.2 Å². The van der Waals surface area contributed by atoms with Crippen LogP contribution in [0, 0.1) is 12.8 Å². The Morgan fingerprint density at radius 3 is 2.66 bits per heavy atom. The van der Waals surface area contributed by atoms with Crippen molar-refractivity contribution in [2.75, 3.05) is 10.2 Å². The van der Waals surface area contributed by atoms with Gasteiger partial charge in [0.1, 0.15) is 0 Å². The number of anilines is 2. The van der Waals surface area contributed by atoms with E-state index in [1.807, 2.05) is 51.2 Å². The van der Waals surface area contributed by atoms with Gasteiger partial charge in [-0.15, -0.1) is 0 Å². The van der Waals surface area contributed by atoms with Crippen molar-refractivity contribution in [3.8, 4) is 0 Å². The number of thiocarbonyl (C=S) groups is 1. The molecule has 2 aliphatic rings. The molecule has 3 aromatic rings. The predicted octanol–water partition coefficient (Wildman–Crippen LogP) is 6.08. The average Bonchev–Trinajstić information content (AvgIpc) is 3.60. The molecule has 1 amide bonds. The van der Waals surface area contributed by atoms with E-state index in [-0.39, 0.29) is 23.9 Å². The van der Waals surface area contributed by atoms with Crippen LogP contribution < -0.4 is 15.5 Å². The van der Waals surface area contributed by atoms with E-state index in [1.54, 1.807) is 0 Å². The van der Waals surface area contributed by atoms with Gasteiger partial charge in [-0.2, -0.15) is 0 Å². The van der Waals surface area contributed by atoms with Gasteiger partial charge in [0.2, 0.25) is 5.91 Å². The van der Waals surface area contributed by atoms with Crippen molar-refractivity contribution in [1.82, 2.24) is 14.9 Å². The molecule has 2 aromatic heterocycles. The van der Waals surface area contributed by atoms with Crippen LogP contribution in [0.2, 0.25) is 0 Å². The Morgan fingerprint density at radius 1 is 1.17 bits per heavy atom. The fourth-order valence-corrected chi connectivity index (χ4v) is 5.57. The first-order valence-electron chi connectivity index (χ1n) is 12.5. The number of hydrogen-bond donors (Lipinski definition) is 2. The first-order chi connectivity index (χ1) is 16.9. The number of amides is 1. The van der Waals surface area contributed by atoms with Crippen LogP contribution in [0.3, 0.4) is 0 Å². The summed E-state index contributed by atoms with van der Waals surface area (Å²) in [7, 11) is 0. The van der Waals surface area contributed by atoms with Crippen LogP contribution in [-0.2, 0) is 4.79 Å². The summed E-state index contributed by atoms with van der Waals surface area (Å²) in [5, 5.41) is 7.25. The summed E-state index contributed by atoms with van der Waals surface area (Å²) in [5.74, 6) is -0.0580. The van der Waals surface area contributed by atoms with Crippen molar-refractivity contribution in [3.63, 3.8) is 0 Å². The van der Waals surface area contributed by atoms with Crippen LogP contribution in [0.15, 0.2) is 61.1 Å². The van der Waals surface area contributed by atoms with Gasteiger partial charge in [-0.05, 0) is 79.5 Å². The lowest BCUT2D eigenvalue weighted by atomic mass is 9.98. The second-order valence-electron chi connectivity index (χ2n) is 9.97. The maximum atomic E-state index is 12.2. The van der Waals surface area contributed by atoms with Crippen molar-refractivity contribution < 1.29 is 4.79 Å². The van der Waals surface area contributed by atoms with Crippen molar-refractivity contribution in [3.05, 3.63) is 77.9 Å². The van der Waals surface area contributed by atoms with Crippen molar-refractivity contribution in [2.24, 2.45) is 5.92 Å². The number of carbonyl (C=O) groups excluding carboxylic acids is 1. The standard InChI is InChI=1S/C28H33N5OS/c1-18(2)27(34)30-23-12-11-22(16-19(23)3)33-26(20-13-15-32(17-20)21-8-4-5-9-21)25(31-28(33)35)24-10-6-7-14-29-24/h6-7,10-18,21,25-26H,4-5,8-9H2,1-3H3,(H,30,34)(H,31,35)/t25-,26+/m0/s1. The normalized spacial score (nSPS) is 20.5. The molecule has 0 spiro atoms. The third kappa shape index (κ3) is 4.69. The van der Waals surface area contributed by atoms with E-state index in [1.165, 1.54) is 31.2 Å². The molecule has 6 nitrogen and oxygen atoms in total. The summed E-state index contributed by atoms with van der Waals surface area (Å²) in [4.78, 5) is 19.1. The Hall–Kier alpha value is -3.19. The molecule has 1 aliphatic carbocycles. The highest BCUT2D eigenvalue weighted by molar-refractivity contribution is 7.80. The molecule has 1 aromatic carbocycles. The van der Waals surface area contributed by atoms with E-state index in [2.05, 4.69) is 55.7 Å². The minimum absolute atomic E-state index is 0.0144. The molecule has 3 heterocycles. The van der Waals surface area contributed by atoms with Crippen LogP contribution in [0.1, 0.15) is 74.5 Å². The molecule has 35 heavy (non-hydrogen) atoms. The van der Waals surface area contributed by atoms with Gasteiger partial charge in [-0.25, -0.2) is 0 Å². The van der Waals surface area contributed by atoms with Crippen LogP contribution in [-0.4, -0.2) is 20.6 Å². The third-order valence-corrected chi connectivity index (χ3v) is 7.51. The summed E-state index contributed by atoms with van der Waals surface area (Å²) < 4.78 is 2.38. The molecular weight excluding hydrogens is 454 g/mol.